The molecule has 2 N–H and O–H groups in total. The van der Waals surface area contributed by atoms with E-state index in [0.717, 1.165) is 58.7 Å². The topological polar surface area (TPSA) is 71.6 Å². The third kappa shape index (κ3) is 4.68. The van der Waals surface area contributed by atoms with E-state index in [2.05, 4.69) is 34.2 Å². The highest BCUT2D eigenvalue weighted by Crippen LogP contribution is 2.39. The standard InChI is InChI=1S/C28H30N4O/c1-19-7-12-25(24(14-29)16-30-15-20-5-3-2-4-6-20)27(31-19)22-10-11-23-18-32(17-21-8-9-21)28(33)26(23)13-22/h2-7,10,12-14,16,21,23H,8-9,11,15,17-18,29H2,1H3. The van der Waals surface area contributed by atoms with E-state index >= 15 is 0 Å². The van der Waals surface area contributed by atoms with Gasteiger partial charge in [0.25, 0.3) is 0 Å². The maximum absolute atomic E-state index is 13.1. The molecule has 33 heavy (non-hydrogen) atoms. The van der Waals surface area contributed by atoms with Crippen LogP contribution in [0.5, 0.6) is 0 Å². The van der Waals surface area contributed by atoms with Gasteiger partial charge in [-0.3, -0.25) is 14.8 Å². The summed E-state index contributed by atoms with van der Waals surface area (Å²) in [5.74, 6) is 1.20. The largest absolute Gasteiger partial charge is 0.404 e. The van der Waals surface area contributed by atoms with E-state index in [1.54, 1.807) is 6.20 Å². The number of hydrogen-bond donors (Lipinski definition) is 1. The zero-order valence-corrected chi connectivity index (χ0v) is 19.1. The molecule has 0 radical (unpaired) electrons. The van der Waals surface area contributed by atoms with Gasteiger partial charge in [0, 0.05) is 53.8 Å². The number of rotatable bonds is 7. The average Bonchev–Trinajstić information content (AvgIpc) is 3.61. The molecule has 2 fully saturated rings. The van der Waals surface area contributed by atoms with Gasteiger partial charge in [-0.1, -0.05) is 42.5 Å². The molecule has 3 aliphatic rings. The molecule has 5 rings (SSSR count). The van der Waals surface area contributed by atoms with Gasteiger partial charge in [-0.05, 0) is 55.4 Å². The summed E-state index contributed by atoms with van der Waals surface area (Å²) in [5, 5.41) is 0. The van der Waals surface area contributed by atoms with Crippen molar-refractivity contribution in [2.75, 3.05) is 13.1 Å². The van der Waals surface area contributed by atoms with Crippen molar-refractivity contribution in [2.24, 2.45) is 22.6 Å². The second-order valence-corrected chi connectivity index (χ2v) is 9.27. The number of allylic oxidation sites excluding steroid dienone is 4. The molecule has 0 spiro atoms. The number of fused-ring (bicyclic) bond motifs is 1. The summed E-state index contributed by atoms with van der Waals surface area (Å²) in [5.41, 5.74) is 12.6. The Kier molecular flexibility index (Phi) is 5.95. The Morgan fingerprint density at radius 3 is 2.79 bits per heavy atom. The highest BCUT2D eigenvalue weighted by Gasteiger charge is 2.38. The maximum atomic E-state index is 13.1. The van der Waals surface area contributed by atoms with Crippen molar-refractivity contribution in [3.63, 3.8) is 0 Å². The summed E-state index contributed by atoms with van der Waals surface area (Å²) in [6.07, 6.45) is 11.1. The van der Waals surface area contributed by atoms with Crippen LogP contribution in [0.25, 0.3) is 11.1 Å². The van der Waals surface area contributed by atoms with Crippen LogP contribution < -0.4 is 5.73 Å². The molecule has 1 aromatic carbocycles. The minimum Gasteiger partial charge on any atom is -0.404 e. The molecule has 0 bridgehead atoms. The number of benzene rings is 1. The molecule has 1 aliphatic heterocycles. The Morgan fingerprint density at radius 2 is 2.03 bits per heavy atom. The summed E-state index contributed by atoms with van der Waals surface area (Å²) < 4.78 is 0. The van der Waals surface area contributed by atoms with Crippen molar-refractivity contribution >= 4 is 23.3 Å². The normalized spacial score (nSPS) is 20.8. The first kappa shape index (κ1) is 21.4. The van der Waals surface area contributed by atoms with Crippen LogP contribution in [0.3, 0.4) is 0 Å². The SMILES string of the molecule is Cc1ccc(C(C=NCc2ccccc2)=CN)c(C2=CCC3CN(CC4CC4)C(=O)C3=C2)n1. The third-order valence-electron chi connectivity index (χ3n) is 6.67. The quantitative estimate of drug-likeness (QED) is 0.645. The number of nitrogens with zero attached hydrogens (tertiary/aromatic N) is 3. The van der Waals surface area contributed by atoms with E-state index in [-0.39, 0.29) is 5.91 Å². The molecule has 1 amide bonds. The molecule has 1 unspecified atom stereocenters. The van der Waals surface area contributed by atoms with Crippen molar-refractivity contribution in [3.8, 4) is 0 Å². The van der Waals surface area contributed by atoms with Gasteiger partial charge in [-0.15, -0.1) is 0 Å². The minimum absolute atomic E-state index is 0.200. The summed E-state index contributed by atoms with van der Waals surface area (Å²) in [6.45, 7) is 4.33. The number of aliphatic imine (C=N–C) groups is 1. The van der Waals surface area contributed by atoms with Crippen LogP contribution in [0, 0.1) is 18.8 Å². The van der Waals surface area contributed by atoms with Crippen molar-refractivity contribution < 1.29 is 4.79 Å². The molecule has 1 saturated heterocycles. The third-order valence-corrected chi connectivity index (χ3v) is 6.67. The lowest BCUT2D eigenvalue weighted by Crippen LogP contribution is -2.27. The second kappa shape index (κ2) is 9.18. The first-order valence-electron chi connectivity index (χ1n) is 11.8. The number of aryl methyl sites for hydroxylation is 1. The van der Waals surface area contributed by atoms with Crippen LogP contribution in [0.1, 0.15) is 41.8 Å². The number of amides is 1. The average molecular weight is 439 g/mol. The van der Waals surface area contributed by atoms with Gasteiger partial charge in [-0.2, -0.15) is 0 Å². The lowest BCUT2D eigenvalue weighted by molar-refractivity contribution is -0.125. The number of carbonyl (C=O) groups excluding carboxylic acids is 1. The van der Waals surface area contributed by atoms with Crippen LogP contribution in [0.15, 0.2) is 71.4 Å². The van der Waals surface area contributed by atoms with Gasteiger partial charge >= 0.3 is 0 Å². The number of aromatic nitrogens is 1. The van der Waals surface area contributed by atoms with Crippen LogP contribution in [0.2, 0.25) is 0 Å². The van der Waals surface area contributed by atoms with Crippen LogP contribution in [-0.4, -0.2) is 35.1 Å². The molecule has 1 atom stereocenters. The molecular weight excluding hydrogens is 408 g/mol. The van der Waals surface area contributed by atoms with Crippen LogP contribution in [-0.2, 0) is 11.3 Å². The zero-order valence-electron chi connectivity index (χ0n) is 19.1. The number of nitrogens with two attached hydrogens (primary N) is 1. The predicted molar refractivity (Wildman–Crippen MR) is 133 cm³/mol. The van der Waals surface area contributed by atoms with Crippen molar-refractivity contribution in [1.82, 2.24) is 9.88 Å². The molecule has 168 valence electrons. The monoisotopic (exact) mass is 438 g/mol. The van der Waals surface area contributed by atoms with Gasteiger partial charge in [0.2, 0.25) is 5.91 Å². The van der Waals surface area contributed by atoms with E-state index in [1.165, 1.54) is 12.8 Å². The summed E-state index contributed by atoms with van der Waals surface area (Å²) >= 11 is 0. The smallest absolute Gasteiger partial charge is 0.250 e. The predicted octanol–water partition coefficient (Wildman–Crippen LogP) is 4.54. The highest BCUT2D eigenvalue weighted by molar-refractivity contribution is 6.11. The molecule has 2 heterocycles. The molecule has 2 aromatic rings. The van der Waals surface area contributed by atoms with E-state index in [4.69, 9.17) is 10.7 Å². The fraction of sp³-hybridized carbons (Fsp3) is 0.321. The number of likely N-dealkylation sites (tertiary alicyclic amines) is 1. The molecule has 1 aromatic heterocycles. The fourth-order valence-electron chi connectivity index (χ4n) is 4.66. The van der Waals surface area contributed by atoms with E-state index in [1.807, 2.05) is 43.5 Å². The highest BCUT2D eigenvalue weighted by atomic mass is 16.2. The molecular formula is C28H30N4O. The van der Waals surface area contributed by atoms with Gasteiger partial charge in [-0.25, -0.2) is 0 Å². The Labute approximate surface area is 195 Å². The zero-order chi connectivity index (χ0) is 22.8. The maximum Gasteiger partial charge on any atom is 0.250 e. The van der Waals surface area contributed by atoms with Gasteiger partial charge in [0.05, 0.1) is 12.2 Å². The molecule has 5 heteroatoms. The van der Waals surface area contributed by atoms with Crippen LogP contribution in [0.4, 0.5) is 0 Å². The first-order chi connectivity index (χ1) is 16.1. The number of hydrogen-bond acceptors (Lipinski definition) is 4. The summed E-state index contributed by atoms with van der Waals surface area (Å²) in [6, 6.07) is 14.2. The van der Waals surface area contributed by atoms with E-state index < -0.39 is 0 Å². The van der Waals surface area contributed by atoms with Crippen molar-refractivity contribution in [3.05, 3.63) is 88.9 Å². The van der Waals surface area contributed by atoms with Gasteiger partial charge in [0.1, 0.15) is 0 Å². The van der Waals surface area contributed by atoms with E-state index in [0.29, 0.717) is 18.4 Å². The van der Waals surface area contributed by atoms with E-state index in [9.17, 15) is 4.79 Å². The molecule has 5 nitrogen and oxygen atoms in total. The lowest BCUT2D eigenvalue weighted by atomic mass is 9.87. The second-order valence-electron chi connectivity index (χ2n) is 9.27. The number of pyridine rings is 1. The van der Waals surface area contributed by atoms with Crippen molar-refractivity contribution in [1.29, 1.82) is 0 Å². The Balaban J connectivity index is 1.41. The Hall–Kier alpha value is -3.47. The van der Waals surface area contributed by atoms with Crippen LogP contribution >= 0.6 is 0 Å². The lowest BCUT2D eigenvalue weighted by Gasteiger charge is -2.17. The number of carbonyl (C=O) groups is 1. The Bertz CT molecular complexity index is 1170. The minimum atomic E-state index is 0.200. The first-order valence-corrected chi connectivity index (χ1v) is 11.8. The fourth-order valence-corrected chi connectivity index (χ4v) is 4.66. The van der Waals surface area contributed by atoms with Crippen molar-refractivity contribution in [2.45, 2.75) is 32.7 Å². The van der Waals surface area contributed by atoms with Gasteiger partial charge < -0.3 is 10.6 Å². The van der Waals surface area contributed by atoms with Gasteiger partial charge in [0.15, 0.2) is 0 Å². The Morgan fingerprint density at radius 1 is 1.21 bits per heavy atom. The summed E-state index contributed by atoms with van der Waals surface area (Å²) in [7, 11) is 0. The summed E-state index contributed by atoms with van der Waals surface area (Å²) in [4.78, 5) is 24.6. The molecule has 2 aliphatic carbocycles. The molecule has 1 saturated carbocycles.